The number of fused-ring (bicyclic) bond motifs is 5. The molecule has 0 saturated heterocycles. The third-order valence-electron chi connectivity index (χ3n) is 10.9. The molecule has 0 aliphatic carbocycles. The molecule has 0 unspecified atom stereocenters. The van der Waals surface area contributed by atoms with Crippen molar-refractivity contribution in [2.75, 3.05) is 23.5 Å². The van der Waals surface area contributed by atoms with Crippen molar-refractivity contribution in [1.82, 2.24) is 14.1 Å². The zero-order chi connectivity index (χ0) is 37.3. The third kappa shape index (κ3) is 5.69. The van der Waals surface area contributed by atoms with Crippen molar-refractivity contribution in [3.63, 3.8) is 0 Å². The normalized spacial score (nSPS) is 12.9. The second-order valence-electron chi connectivity index (χ2n) is 15.6. The van der Waals surface area contributed by atoms with Gasteiger partial charge in [0.25, 0.3) is 0 Å². The minimum absolute atomic E-state index is 0.0756. The highest BCUT2D eigenvalue weighted by Gasteiger charge is 2.26. The van der Waals surface area contributed by atoms with Crippen LogP contribution in [0.2, 0.25) is 0 Å². The first-order valence-electron chi connectivity index (χ1n) is 18.9. The molecule has 6 nitrogen and oxygen atoms in total. The van der Waals surface area contributed by atoms with Crippen LogP contribution in [-0.2, 0) is 5.41 Å². The summed E-state index contributed by atoms with van der Waals surface area (Å²) < 4.78 is 11.4. The lowest BCUT2D eigenvalue weighted by atomic mass is 9.86. The molecular formula is C49H41N5O. The number of benzene rings is 6. The van der Waals surface area contributed by atoms with Crippen molar-refractivity contribution in [3.8, 4) is 34.1 Å². The van der Waals surface area contributed by atoms with Crippen LogP contribution in [-0.4, -0.2) is 27.8 Å². The van der Waals surface area contributed by atoms with Crippen LogP contribution in [0.15, 0.2) is 164 Å². The zero-order valence-corrected chi connectivity index (χ0v) is 31.4. The summed E-state index contributed by atoms with van der Waals surface area (Å²) in [6.45, 7) is 7.54. The molecule has 4 heterocycles. The number of para-hydroxylation sites is 3. The second kappa shape index (κ2) is 12.7. The van der Waals surface area contributed by atoms with Crippen LogP contribution in [0.1, 0.15) is 26.3 Å². The number of pyridine rings is 1. The average Bonchev–Trinajstić information content (AvgIpc) is 3.89. The van der Waals surface area contributed by atoms with Gasteiger partial charge in [0.2, 0.25) is 0 Å². The maximum absolute atomic E-state index is 6.87. The van der Waals surface area contributed by atoms with Gasteiger partial charge in [0.15, 0.2) is 0 Å². The number of hydrogen-bond acceptors (Lipinski definition) is 4. The van der Waals surface area contributed by atoms with E-state index in [0.717, 1.165) is 68.1 Å². The maximum atomic E-state index is 6.87. The van der Waals surface area contributed by atoms with E-state index in [9.17, 15) is 0 Å². The largest absolute Gasteiger partial charge is 0.457 e. The molecule has 0 amide bonds. The molecular weight excluding hydrogens is 675 g/mol. The van der Waals surface area contributed by atoms with E-state index >= 15 is 0 Å². The first-order valence-corrected chi connectivity index (χ1v) is 18.9. The number of nitrogens with zero attached hydrogens (tertiary/aromatic N) is 5. The monoisotopic (exact) mass is 715 g/mol. The molecule has 10 rings (SSSR count). The molecule has 0 N–H and O–H groups in total. The van der Waals surface area contributed by atoms with Gasteiger partial charge in [-0.25, -0.2) is 4.98 Å². The van der Waals surface area contributed by atoms with Gasteiger partial charge >= 0.3 is 0 Å². The van der Waals surface area contributed by atoms with Gasteiger partial charge in [0.05, 0.1) is 34.6 Å². The van der Waals surface area contributed by atoms with Crippen LogP contribution in [0, 0.1) is 0 Å². The van der Waals surface area contributed by atoms with Crippen molar-refractivity contribution in [2.24, 2.45) is 0 Å². The molecule has 0 saturated carbocycles. The third-order valence-corrected chi connectivity index (χ3v) is 10.9. The predicted octanol–water partition coefficient (Wildman–Crippen LogP) is 12.4. The number of hydrogen-bond donors (Lipinski definition) is 0. The van der Waals surface area contributed by atoms with Gasteiger partial charge in [-0.2, -0.15) is 0 Å². The Bertz CT molecular complexity index is 2880. The van der Waals surface area contributed by atoms with E-state index < -0.39 is 0 Å². The highest BCUT2D eigenvalue weighted by atomic mass is 16.5. The number of ether oxygens (including phenoxy) is 1. The Labute approximate surface area is 321 Å². The molecule has 0 fully saturated rings. The number of anilines is 3. The summed E-state index contributed by atoms with van der Waals surface area (Å²) in [5.74, 6) is 2.43. The van der Waals surface area contributed by atoms with Gasteiger partial charge < -0.3 is 19.1 Å². The summed E-state index contributed by atoms with van der Waals surface area (Å²) in [5.41, 5.74) is 11.4. The molecule has 0 radical (unpaired) electrons. The molecule has 6 aromatic carbocycles. The first kappa shape index (κ1) is 32.8. The molecule has 6 heteroatoms. The molecule has 1 aliphatic heterocycles. The molecule has 3 aromatic heterocycles. The molecule has 55 heavy (non-hydrogen) atoms. The fourth-order valence-corrected chi connectivity index (χ4v) is 8.04. The Hall–Kier alpha value is -6.79. The fraction of sp³-hybridized carbons (Fsp3) is 0.122. The Morgan fingerprint density at radius 3 is 2.15 bits per heavy atom. The zero-order valence-electron chi connectivity index (χ0n) is 31.4. The van der Waals surface area contributed by atoms with Gasteiger partial charge in [0, 0.05) is 65.2 Å². The second-order valence-corrected chi connectivity index (χ2v) is 15.6. The van der Waals surface area contributed by atoms with E-state index in [4.69, 9.17) is 9.72 Å². The van der Waals surface area contributed by atoms with Crippen molar-refractivity contribution < 1.29 is 4.74 Å². The van der Waals surface area contributed by atoms with Crippen LogP contribution < -0.4 is 14.5 Å². The lowest BCUT2D eigenvalue weighted by Gasteiger charge is -2.25. The smallest absolute Gasteiger partial charge is 0.139 e. The molecule has 0 bridgehead atoms. The number of rotatable bonds is 6. The first-order chi connectivity index (χ1) is 26.8. The van der Waals surface area contributed by atoms with Crippen LogP contribution in [0.4, 0.5) is 17.1 Å². The summed E-state index contributed by atoms with van der Waals surface area (Å²) in [4.78, 5) is 9.73. The van der Waals surface area contributed by atoms with Crippen molar-refractivity contribution in [1.29, 1.82) is 0 Å². The lowest BCUT2D eigenvalue weighted by Crippen LogP contribution is -2.24. The van der Waals surface area contributed by atoms with E-state index in [1.54, 1.807) is 0 Å². The predicted molar refractivity (Wildman–Crippen MR) is 228 cm³/mol. The minimum Gasteiger partial charge on any atom is -0.457 e. The topological polar surface area (TPSA) is 38.5 Å². The van der Waals surface area contributed by atoms with Gasteiger partial charge in [-0.3, -0.25) is 4.57 Å². The summed E-state index contributed by atoms with van der Waals surface area (Å²) >= 11 is 0. The summed E-state index contributed by atoms with van der Waals surface area (Å²) in [6, 6.07) is 53.8. The van der Waals surface area contributed by atoms with Gasteiger partial charge in [-0.15, -0.1) is 0 Å². The van der Waals surface area contributed by atoms with Crippen LogP contribution >= 0.6 is 0 Å². The van der Waals surface area contributed by atoms with Gasteiger partial charge in [0.1, 0.15) is 17.3 Å². The van der Waals surface area contributed by atoms with Gasteiger partial charge in [-0.05, 0) is 88.8 Å². The van der Waals surface area contributed by atoms with E-state index in [1.165, 1.54) is 28.1 Å². The molecule has 0 atom stereocenters. The van der Waals surface area contributed by atoms with E-state index in [-0.39, 0.29) is 5.41 Å². The summed E-state index contributed by atoms with van der Waals surface area (Å²) in [7, 11) is 2.15. The van der Waals surface area contributed by atoms with Gasteiger partial charge in [-0.1, -0.05) is 87.5 Å². The van der Waals surface area contributed by atoms with Crippen molar-refractivity contribution in [3.05, 3.63) is 170 Å². The SMILES string of the molecule is CN1CN(c2cc(Oc3ccc4c5cc(-c6ccccc6)ccc5n(-c5cc6c(ccn6-c6ccccc6)cn5)c4c3)cc(C(C)(C)C)c2)c2ccccc21. The Balaban J connectivity index is 1.13. The highest BCUT2D eigenvalue weighted by Crippen LogP contribution is 2.43. The van der Waals surface area contributed by atoms with E-state index in [2.05, 4.69) is 199 Å². The van der Waals surface area contributed by atoms with Crippen molar-refractivity contribution in [2.45, 2.75) is 26.2 Å². The minimum atomic E-state index is -0.0756. The summed E-state index contributed by atoms with van der Waals surface area (Å²) in [5, 5.41) is 3.39. The Kier molecular flexibility index (Phi) is 7.56. The highest BCUT2D eigenvalue weighted by molar-refractivity contribution is 6.11. The Morgan fingerprint density at radius 1 is 0.582 bits per heavy atom. The lowest BCUT2D eigenvalue weighted by molar-refractivity contribution is 0.479. The van der Waals surface area contributed by atoms with Crippen molar-refractivity contribution >= 4 is 49.8 Å². The summed E-state index contributed by atoms with van der Waals surface area (Å²) in [6.07, 6.45) is 4.10. The molecule has 9 aromatic rings. The maximum Gasteiger partial charge on any atom is 0.139 e. The van der Waals surface area contributed by atoms with E-state index in [1.807, 2.05) is 12.3 Å². The quantitative estimate of drug-likeness (QED) is 0.172. The molecule has 1 aliphatic rings. The van der Waals surface area contributed by atoms with Crippen LogP contribution in [0.5, 0.6) is 11.5 Å². The fourth-order valence-electron chi connectivity index (χ4n) is 8.04. The Morgan fingerprint density at radius 2 is 1.35 bits per heavy atom. The molecule has 268 valence electrons. The van der Waals surface area contributed by atoms with Crippen LogP contribution in [0.25, 0.3) is 55.3 Å². The van der Waals surface area contributed by atoms with E-state index in [0.29, 0.717) is 0 Å². The standard InChI is InChI=1S/C49H41N5O/c1-49(2,3)36-26-38(53-32-51(4)44-17-11-12-18-45(44)53)28-40(27-36)55-39-20-21-41-42-25-34(33-13-7-5-8-14-33)19-22-43(42)54(47(41)29-39)48-30-46-35(31-50-48)23-24-52(46)37-15-9-6-10-16-37/h5-31H,32H2,1-4H3. The number of aromatic nitrogens is 3. The average molecular weight is 716 g/mol. The molecule has 0 spiro atoms. The van der Waals surface area contributed by atoms with Crippen LogP contribution in [0.3, 0.4) is 0 Å².